The lowest BCUT2D eigenvalue weighted by Gasteiger charge is -2.20. The van der Waals surface area contributed by atoms with Crippen LogP contribution in [0.3, 0.4) is 0 Å². The molecule has 0 saturated carbocycles. The van der Waals surface area contributed by atoms with E-state index in [4.69, 9.17) is 9.15 Å². The zero-order valence-corrected chi connectivity index (χ0v) is 17.5. The van der Waals surface area contributed by atoms with E-state index < -0.39 is 0 Å². The van der Waals surface area contributed by atoms with Crippen molar-refractivity contribution >= 4 is 28.0 Å². The van der Waals surface area contributed by atoms with Gasteiger partial charge in [-0.3, -0.25) is 9.78 Å². The molecule has 0 aliphatic rings. The molecule has 0 aliphatic heterocycles. The highest BCUT2D eigenvalue weighted by atomic mass is 16.5. The second-order valence-electron chi connectivity index (χ2n) is 8.20. The van der Waals surface area contributed by atoms with Crippen molar-refractivity contribution in [2.45, 2.75) is 46.2 Å². The zero-order valence-electron chi connectivity index (χ0n) is 17.5. The van der Waals surface area contributed by atoms with E-state index in [-0.39, 0.29) is 17.1 Å². The fourth-order valence-corrected chi connectivity index (χ4v) is 3.51. The number of H-pyrrole nitrogens is 1. The molecule has 4 rings (SSSR count). The van der Waals surface area contributed by atoms with Gasteiger partial charge in [0.15, 0.2) is 5.65 Å². The largest absolute Gasteiger partial charge is 0.497 e. The highest BCUT2D eigenvalue weighted by Crippen LogP contribution is 2.33. The number of hydrogen-bond acceptors (Lipinski definition) is 6. The molecule has 0 spiro atoms. The van der Waals surface area contributed by atoms with Crippen molar-refractivity contribution in [2.75, 3.05) is 12.4 Å². The van der Waals surface area contributed by atoms with Crippen LogP contribution in [0.5, 0.6) is 5.75 Å². The minimum atomic E-state index is -0.292. The summed E-state index contributed by atoms with van der Waals surface area (Å²) < 4.78 is 13.1. The van der Waals surface area contributed by atoms with Crippen molar-refractivity contribution in [3.8, 4) is 5.75 Å². The Hall–Kier alpha value is -3.29. The second-order valence-corrected chi connectivity index (χ2v) is 8.20. The first-order valence-corrected chi connectivity index (χ1v) is 9.51. The maximum absolute atomic E-state index is 12.5. The van der Waals surface area contributed by atoms with Gasteiger partial charge >= 0.3 is 0 Å². The van der Waals surface area contributed by atoms with Crippen LogP contribution in [-0.2, 0) is 5.54 Å². The number of rotatable bonds is 4. The molecule has 1 atom stereocenters. The number of nitrogens with zero attached hydrogens (tertiary/aromatic N) is 3. The number of hydrogen-bond donors (Lipinski definition) is 2. The van der Waals surface area contributed by atoms with Crippen molar-refractivity contribution in [2.24, 2.45) is 0 Å². The quantitative estimate of drug-likeness (QED) is 0.540. The first-order chi connectivity index (χ1) is 13.7. The number of aryl methyl sites for hydroxylation is 1. The monoisotopic (exact) mass is 395 g/mol. The molecule has 2 N–H and O–H groups in total. The highest BCUT2D eigenvalue weighted by Gasteiger charge is 2.22. The maximum atomic E-state index is 12.5. The third-order valence-electron chi connectivity index (χ3n) is 5.00. The van der Waals surface area contributed by atoms with E-state index in [0.717, 1.165) is 28.0 Å². The summed E-state index contributed by atoms with van der Waals surface area (Å²) in [4.78, 5) is 19.9. The zero-order chi connectivity index (χ0) is 20.9. The Balaban J connectivity index is 1.72. The van der Waals surface area contributed by atoms with E-state index in [2.05, 4.69) is 20.4 Å². The summed E-state index contributed by atoms with van der Waals surface area (Å²) in [5.74, 6) is 1.93. The Morgan fingerprint density at radius 3 is 2.72 bits per heavy atom. The molecule has 1 unspecified atom stereocenters. The predicted molar refractivity (Wildman–Crippen MR) is 113 cm³/mol. The van der Waals surface area contributed by atoms with Crippen LogP contribution >= 0.6 is 0 Å². The third-order valence-corrected chi connectivity index (χ3v) is 5.00. The molecule has 1 aromatic carbocycles. The van der Waals surface area contributed by atoms with Crippen molar-refractivity contribution in [3.05, 3.63) is 46.1 Å². The van der Waals surface area contributed by atoms with Crippen LogP contribution in [0.4, 0.5) is 5.95 Å². The smallest absolute Gasteiger partial charge is 0.263 e. The van der Waals surface area contributed by atoms with Crippen LogP contribution in [-0.4, -0.2) is 26.9 Å². The molecule has 0 radical (unpaired) electrons. The van der Waals surface area contributed by atoms with Crippen LogP contribution in [0.1, 0.15) is 45.1 Å². The van der Waals surface area contributed by atoms with Crippen molar-refractivity contribution in [3.63, 3.8) is 0 Å². The molecule has 8 heteroatoms. The van der Waals surface area contributed by atoms with Crippen LogP contribution in [0.2, 0.25) is 0 Å². The lowest BCUT2D eigenvalue weighted by molar-refractivity contribution is 0.366. The molecule has 3 heterocycles. The number of anilines is 1. The van der Waals surface area contributed by atoms with E-state index in [1.165, 1.54) is 0 Å². The minimum absolute atomic E-state index is 0.208. The van der Waals surface area contributed by atoms with Gasteiger partial charge in [-0.15, -0.1) is 0 Å². The highest BCUT2D eigenvalue weighted by molar-refractivity contribution is 5.83. The number of furan rings is 1. The normalized spacial score (nSPS) is 13.2. The summed E-state index contributed by atoms with van der Waals surface area (Å²) in [5, 5.41) is 9.06. The Bertz CT molecular complexity index is 1260. The summed E-state index contributed by atoms with van der Waals surface area (Å²) in [6.45, 7) is 10.0. The average Bonchev–Trinajstić information content (AvgIpc) is 3.23. The van der Waals surface area contributed by atoms with Crippen LogP contribution in [0.25, 0.3) is 22.0 Å². The molecule has 152 valence electrons. The first kappa shape index (κ1) is 19.0. The SMILES string of the molecule is COc1ccc2oc(C(C)Nc3nc4c(cnn4C(C)(C)C)c(=O)[nH]3)c(C)c2c1. The second kappa shape index (κ2) is 6.65. The van der Waals surface area contributed by atoms with Gasteiger partial charge < -0.3 is 14.5 Å². The third kappa shape index (κ3) is 3.24. The maximum Gasteiger partial charge on any atom is 0.263 e. The summed E-state index contributed by atoms with van der Waals surface area (Å²) in [6.07, 6.45) is 1.55. The number of nitrogens with one attached hydrogen (secondary N) is 2. The lowest BCUT2D eigenvalue weighted by Crippen LogP contribution is -2.24. The van der Waals surface area contributed by atoms with Gasteiger partial charge in [-0.1, -0.05) is 0 Å². The van der Waals surface area contributed by atoms with Crippen molar-refractivity contribution in [1.82, 2.24) is 19.7 Å². The molecular weight excluding hydrogens is 370 g/mol. The number of ether oxygens (including phenoxy) is 1. The summed E-state index contributed by atoms with van der Waals surface area (Å²) in [7, 11) is 1.64. The predicted octanol–water partition coefficient (Wildman–Crippen LogP) is 4.11. The van der Waals surface area contributed by atoms with Crippen LogP contribution in [0, 0.1) is 6.92 Å². The molecule has 0 aliphatic carbocycles. The molecule has 0 fully saturated rings. The Morgan fingerprint density at radius 2 is 2.03 bits per heavy atom. The van der Waals surface area contributed by atoms with Gasteiger partial charge in [0.25, 0.3) is 5.56 Å². The lowest BCUT2D eigenvalue weighted by atomic mass is 10.1. The van der Waals surface area contributed by atoms with Gasteiger partial charge in [0, 0.05) is 10.9 Å². The van der Waals surface area contributed by atoms with Gasteiger partial charge in [-0.25, -0.2) is 4.68 Å². The Kier molecular flexibility index (Phi) is 4.37. The first-order valence-electron chi connectivity index (χ1n) is 9.51. The number of aromatic nitrogens is 4. The number of fused-ring (bicyclic) bond motifs is 2. The molecule has 8 nitrogen and oxygen atoms in total. The number of benzene rings is 1. The van der Waals surface area contributed by atoms with Gasteiger partial charge in [-0.2, -0.15) is 10.1 Å². The number of aromatic amines is 1. The molecule has 0 amide bonds. The van der Waals surface area contributed by atoms with Crippen molar-refractivity contribution < 1.29 is 9.15 Å². The molecule has 0 saturated heterocycles. The van der Waals surface area contributed by atoms with E-state index >= 15 is 0 Å². The topological polar surface area (TPSA) is 98.0 Å². The van der Waals surface area contributed by atoms with Crippen LogP contribution < -0.4 is 15.6 Å². The molecule has 3 aromatic heterocycles. The molecule has 0 bridgehead atoms. The summed E-state index contributed by atoms with van der Waals surface area (Å²) in [5.41, 5.74) is 1.82. The summed E-state index contributed by atoms with van der Waals surface area (Å²) >= 11 is 0. The molecule has 29 heavy (non-hydrogen) atoms. The van der Waals surface area contributed by atoms with E-state index in [9.17, 15) is 4.79 Å². The molecule has 4 aromatic rings. The fourth-order valence-electron chi connectivity index (χ4n) is 3.51. The van der Waals surface area contributed by atoms with Gasteiger partial charge in [0.1, 0.15) is 22.5 Å². The van der Waals surface area contributed by atoms with Gasteiger partial charge in [-0.05, 0) is 52.8 Å². The molecular formula is C21H25N5O3. The Morgan fingerprint density at radius 1 is 1.28 bits per heavy atom. The summed E-state index contributed by atoms with van der Waals surface area (Å²) in [6, 6.07) is 5.51. The van der Waals surface area contributed by atoms with Gasteiger partial charge in [0.05, 0.1) is 24.9 Å². The Labute approximate surface area is 167 Å². The standard InChI is InChI=1S/C21H25N5O3/c1-11-14-9-13(28-6)7-8-16(14)29-17(11)12(2)23-20-24-18-15(19(27)25-20)10-22-26(18)21(3,4)5/h7-10,12H,1-6H3,(H2,23,24,25,27). The van der Waals surface area contributed by atoms with E-state index in [0.29, 0.717) is 17.0 Å². The number of methoxy groups -OCH3 is 1. The van der Waals surface area contributed by atoms with E-state index in [1.54, 1.807) is 18.0 Å². The van der Waals surface area contributed by atoms with Crippen molar-refractivity contribution in [1.29, 1.82) is 0 Å². The fraction of sp³-hybridized carbons (Fsp3) is 0.381. The minimum Gasteiger partial charge on any atom is -0.497 e. The van der Waals surface area contributed by atoms with Crippen LogP contribution in [0.15, 0.2) is 33.6 Å². The van der Waals surface area contributed by atoms with E-state index in [1.807, 2.05) is 52.8 Å². The van der Waals surface area contributed by atoms with Gasteiger partial charge in [0.2, 0.25) is 5.95 Å². The average molecular weight is 395 g/mol.